The van der Waals surface area contributed by atoms with Gasteiger partial charge in [0, 0.05) is 12.1 Å². The molecule has 1 amide bonds. The fraction of sp³-hybridized carbons (Fsp3) is 0.412. The van der Waals surface area contributed by atoms with Gasteiger partial charge < -0.3 is 11.1 Å². The maximum atomic E-state index is 12.9. The Labute approximate surface area is 156 Å². The number of anilines is 1. The minimum atomic E-state index is -4.48. The molecule has 0 fully saturated rings. The number of nitrogens with zero attached hydrogens (tertiary/aromatic N) is 2. The van der Waals surface area contributed by atoms with Crippen molar-refractivity contribution in [3.63, 3.8) is 0 Å². The van der Waals surface area contributed by atoms with Crippen molar-refractivity contribution in [2.45, 2.75) is 38.3 Å². The van der Waals surface area contributed by atoms with Crippen LogP contribution in [-0.4, -0.2) is 22.2 Å². The van der Waals surface area contributed by atoms with E-state index in [1.807, 2.05) is 0 Å². The molecule has 0 unspecified atom stereocenters. The summed E-state index contributed by atoms with van der Waals surface area (Å²) in [5.41, 5.74) is 5.37. The van der Waals surface area contributed by atoms with E-state index in [0.29, 0.717) is 18.7 Å². The van der Waals surface area contributed by atoms with Gasteiger partial charge in [-0.15, -0.1) is 12.4 Å². The average molecular weight is 391 g/mol. The lowest BCUT2D eigenvalue weighted by Crippen LogP contribution is -2.13. The van der Waals surface area contributed by atoms with Gasteiger partial charge in [-0.3, -0.25) is 4.79 Å². The van der Waals surface area contributed by atoms with Crippen LogP contribution in [0.15, 0.2) is 36.5 Å². The third-order valence-corrected chi connectivity index (χ3v) is 3.69. The SMILES string of the molecule is Cl.NCCCCCCC(=O)Nc1ccc(-n2nccc2C(F)(F)F)cc1. The third-order valence-electron chi connectivity index (χ3n) is 3.69. The van der Waals surface area contributed by atoms with Gasteiger partial charge in [-0.1, -0.05) is 12.8 Å². The smallest absolute Gasteiger partial charge is 0.330 e. The van der Waals surface area contributed by atoms with Crippen LogP contribution in [0.1, 0.15) is 37.8 Å². The van der Waals surface area contributed by atoms with Gasteiger partial charge in [0.15, 0.2) is 0 Å². The van der Waals surface area contributed by atoms with E-state index in [4.69, 9.17) is 5.73 Å². The lowest BCUT2D eigenvalue weighted by Gasteiger charge is -2.11. The van der Waals surface area contributed by atoms with Crippen LogP contribution in [0.5, 0.6) is 0 Å². The van der Waals surface area contributed by atoms with Gasteiger partial charge >= 0.3 is 6.18 Å². The summed E-state index contributed by atoms with van der Waals surface area (Å²) in [4.78, 5) is 11.8. The standard InChI is InChI=1S/C17H21F3N4O.ClH/c18-17(19,20)15-10-12-22-24(15)14-8-6-13(7-9-14)23-16(25)5-3-1-2-4-11-21;/h6-10,12H,1-5,11,21H2,(H,23,25);1H. The number of hydrogen-bond donors (Lipinski definition) is 2. The molecule has 0 spiro atoms. The highest BCUT2D eigenvalue weighted by Gasteiger charge is 2.35. The maximum Gasteiger partial charge on any atom is 0.433 e. The van der Waals surface area contributed by atoms with Crippen LogP contribution >= 0.6 is 12.4 Å². The molecule has 2 rings (SSSR count). The number of halogens is 4. The number of aromatic nitrogens is 2. The zero-order valence-electron chi connectivity index (χ0n) is 14.1. The number of rotatable bonds is 8. The largest absolute Gasteiger partial charge is 0.433 e. The molecule has 0 radical (unpaired) electrons. The van der Waals surface area contributed by atoms with E-state index in [9.17, 15) is 18.0 Å². The number of carbonyl (C=O) groups excluding carboxylic acids is 1. The van der Waals surface area contributed by atoms with Gasteiger partial charge in [0.1, 0.15) is 5.69 Å². The zero-order valence-corrected chi connectivity index (χ0v) is 14.9. The molecular weight excluding hydrogens is 369 g/mol. The Bertz CT molecular complexity index is 686. The molecule has 2 aromatic rings. The van der Waals surface area contributed by atoms with E-state index >= 15 is 0 Å². The number of carbonyl (C=O) groups is 1. The van der Waals surface area contributed by atoms with Crippen molar-refractivity contribution in [2.75, 3.05) is 11.9 Å². The van der Waals surface area contributed by atoms with Gasteiger partial charge in [-0.05, 0) is 49.7 Å². The van der Waals surface area contributed by atoms with Crippen molar-refractivity contribution in [3.8, 4) is 5.69 Å². The first kappa shape index (κ1) is 22.0. The number of hydrogen-bond acceptors (Lipinski definition) is 3. The van der Waals surface area contributed by atoms with Crippen molar-refractivity contribution < 1.29 is 18.0 Å². The summed E-state index contributed by atoms with van der Waals surface area (Å²) < 4.78 is 39.5. The van der Waals surface area contributed by atoms with Crippen molar-refractivity contribution in [1.29, 1.82) is 0 Å². The lowest BCUT2D eigenvalue weighted by atomic mass is 10.1. The molecule has 1 aromatic heterocycles. The molecule has 0 atom stereocenters. The Kier molecular flexibility index (Phi) is 8.60. The number of nitrogens with one attached hydrogen (secondary N) is 1. The summed E-state index contributed by atoms with van der Waals surface area (Å²) in [6.07, 6.45) is 0.718. The number of nitrogens with two attached hydrogens (primary N) is 1. The molecule has 1 heterocycles. The molecule has 9 heteroatoms. The summed E-state index contributed by atoms with van der Waals surface area (Å²) in [5.74, 6) is -0.115. The summed E-state index contributed by atoms with van der Waals surface area (Å²) >= 11 is 0. The summed E-state index contributed by atoms with van der Waals surface area (Å²) in [7, 11) is 0. The first-order valence-corrected chi connectivity index (χ1v) is 8.13. The van der Waals surface area contributed by atoms with Crippen LogP contribution in [0.4, 0.5) is 18.9 Å². The van der Waals surface area contributed by atoms with Gasteiger partial charge in [0.25, 0.3) is 0 Å². The molecule has 0 saturated carbocycles. The van der Waals surface area contributed by atoms with Crippen LogP contribution in [0.25, 0.3) is 5.69 Å². The second-order valence-electron chi connectivity index (χ2n) is 5.67. The highest BCUT2D eigenvalue weighted by molar-refractivity contribution is 5.90. The second-order valence-corrected chi connectivity index (χ2v) is 5.67. The highest BCUT2D eigenvalue weighted by atomic mass is 35.5. The maximum absolute atomic E-state index is 12.9. The molecule has 0 aliphatic heterocycles. The predicted molar refractivity (Wildman–Crippen MR) is 96.6 cm³/mol. The zero-order chi connectivity index (χ0) is 18.3. The molecule has 1 aromatic carbocycles. The Morgan fingerprint density at radius 1 is 1.08 bits per heavy atom. The molecule has 0 aliphatic carbocycles. The number of benzene rings is 1. The Balaban J connectivity index is 0.00000338. The van der Waals surface area contributed by atoms with E-state index in [2.05, 4.69) is 10.4 Å². The van der Waals surface area contributed by atoms with Crippen LogP contribution in [0.2, 0.25) is 0 Å². The van der Waals surface area contributed by atoms with E-state index in [1.165, 1.54) is 12.1 Å². The Hall–Kier alpha value is -2.06. The fourth-order valence-corrected chi connectivity index (χ4v) is 2.42. The monoisotopic (exact) mass is 390 g/mol. The minimum absolute atomic E-state index is 0. The van der Waals surface area contributed by atoms with Crippen LogP contribution < -0.4 is 11.1 Å². The minimum Gasteiger partial charge on any atom is -0.330 e. The number of amides is 1. The van der Waals surface area contributed by atoms with E-state index in [0.717, 1.165) is 42.6 Å². The molecule has 26 heavy (non-hydrogen) atoms. The van der Waals surface area contributed by atoms with E-state index in [-0.39, 0.29) is 24.0 Å². The average Bonchev–Trinajstić information content (AvgIpc) is 3.05. The van der Waals surface area contributed by atoms with Crippen molar-refractivity contribution in [1.82, 2.24) is 9.78 Å². The molecule has 0 aliphatic rings. The molecule has 5 nitrogen and oxygen atoms in total. The Morgan fingerprint density at radius 3 is 2.35 bits per heavy atom. The second kappa shape index (κ2) is 10.2. The number of alkyl halides is 3. The highest BCUT2D eigenvalue weighted by Crippen LogP contribution is 2.30. The van der Waals surface area contributed by atoms with Crippen molar-refractivity contribution in [2.24, 2.45) is 5.73 Å². The van der Waals surface area contributed by atoms with Crippen molar-refractivity contribution >= 4 is 24.0 Å². The first-order chi connectivity index (χ1) is 11.9. The first-order valence-electron chi connectivity index (χ1n) is 8.13. The van der Waals surface area contributed by atoms with E-state index in [1.54, 1.807) is 12.1 Å². The third kappa shape index (κ3) is 6.34. The van der Waals surface area contributed by atoms with Crippen molar-refractivity contribution in [3.05, 3.63) is 42.2 Å². The topological polar surface area (TPSA) is 72.9 Å². The van der Waals surface area contributed by atoms with Crippen LogP contribution in [0, 0.1) is 0 Å². The van der Waals surface area contributed by atoms with Gasteiger partial charge in [0.2, 0.25) is 5.91 Å². The van der Waals surface area contributed by atoms with Gasteiger partial charge in [-0.2, -0.15) is 18.3 Å². The normalized spacial score (nSPS) is 11.1. The molecular formula is C17H22ClF3N4O. The molecule has 0 saturated heterocycles. The van der Waals surface area contributed by atoms with Crippen LogP contribution in [-0.2, 0) is 11.0 Å². The lowest BCUT2D eigenvalue weighted by molar-refractivity contribution is -0.142. The summed E-state index contributed by atoms with van der Waals surface area (Å²) in [6.45, 7) is 0.658. The fourth-order valence-electron chi connectivity index (χ4n) is 2.42. The molecule has 3 N–H and O–H groups in total. The quantitative estimate of drug-likeness (QED) is 0.665. The molecule has 144 valence electrons. The Morgan fingerprint density at radius 2 is 1.73 bits per heavy atom. The van der Waals surface area contributed by atoms with Gasteiger partial charge in [0.05, 0.1) is 11.9 Å². The predicted octanol–water partition coefficient (Wildman–Crippen LogP) is 4.16. The number of unbranched alkanes of at least 4 members (excludes halogenated alkanes) is 3. The van der Waals surface area contributed by atoms with E-state index < -0.39 is 11.9 Å². The van der Waals surface area contributed by atoms with Gasteiger partial charge in [-0.25, -0.2) is 4.68 Å². The molecule has 0 bridgehead atoms. The van der Waals surface area contributed by atoms with Crippen LogP contribution in [0.3, 0.4) is 0 Å². The summed E-state index contributed by atoms with van der Waals surface area (Å²) in [6, 6.07) is 7.01. The summed E-state index contributed by atoms with van der Waals surface area (Å²) in [5, 5.41) is 6.44.